The van der Waals surface area contributed by atoms with Gasteiger partial charge in [0.2, 0.25) is 0 Å². The zero-order chi connectivity index (χ0) is 15.8. The number of rotatable bonds is 5. The Kier molecular flexibility index (Phi) is 6.52. The Labute approximate surface area is 135 Å². The molecule has 0 spiro atoms. The Morgan fingerprint density at radius 1 is 1.23 bits per heavy atom. The number of thioether (sulfide) groups is 1. The maximum absolute atomic E-state index is 11.8. The molecular formula is C17H22N2O2S. The molecule has 2 N–H and O–H groups in total. The summed E-state index contributed by atoms with van der Waals surface area (Å²) in [7, 11) is 0. The summed E-state index contributed by atoms with van der Waals surface area (Å²) in [5.41, 5.74) is 2.03. The molecule has 5 heteroatoms. The number of carbonyl (C=O) groups is 2. The fraction of sp³-hybridized carbons (Fsp3) is 0.412. The van der Waals surface area contributed by atoms with Crippen molar-refractivity contribution in [1.29, 1.82) is 0 Å². The number of amides is 2. The third-order valence-corrected chi connectivity index (χ3v) is 4.38. The average Bonchev–Trinajstić information content (AvgIpc) is 2.56. The number of hydrogen-bond acceptors (Lipinski definition) is 3. The lowest BCUT2D eigenvalue weighted by Gasteiger charge is -2.13. The Hall–Kier alpha value is -1.75. The van der Waals surface area contributed by atoms with Crippen molar-refractivity contribution in [3.8, 4) is 0 Å². The summed E-state index contributed by atoms with van der Waals surface area (Å²) in [4.78, 5) is 24.7. The summed E-state index contributed by atoms with van der Waals surface area (Å²) < 4.78 is 0. The van der Waals surface area contributed by atoms with E-state index < -0.39 is 11.8 Å². The van der Waals surface area contributed by atoms with Crippen LogP contribution in [0.2, 0.25) is 0 Å². The number of anilines is 1. The molecule has 0 radical (unpaired) electrons. The Morgan fingerprint density at radius 2 is 2.09 bits per heavy atom. The molecule has 1 aromatic rings. The third-order valence-electron chi connectivity index (χ3n) is 3.65. The van der Waals surface area contributed by atoms with E-state index in [9.17, 15) is 9.59 Å². The number of benzene rings is 1. The van der Waals surface area contributed by atoms with Crippen molar-refractivity contribution in [2.75, 3.05) is 18.1 Å². The van der Waals surface area contributed by atoms with E-state index >= 15 is 0 Å². The molecule has 1 aromatic carbocycles. The van der Waals surface area contributed by atoms with E-state index in [1.165, 1.54) is 18.4 Å². The number of allylic oxidation sites excluding steroid dienone is 1. The Balaban J connectivity index is 1.76. The molecule has 0 atom stereocenters. The molecule has 0 bridgehead atoms. The van der Waals surface area contributed by atoms with Crippen molar-refractivity contribution in [3.63, 3.8) is 0 Å². The molecule has 4 nitrogen and oxygen atoms in total. The zero-order valence-electron chi connectivity index (χ0n) is 12.9. The minimum Gasteiger partial charge on any atom is -0.348 e. The monoisotopic (exact) mass is 318 g/mol. The molecule has 22 heavy (non-hydrogen) atoms. The predicted octanol–water partition coefficient (Wildman–Crippen LogP) is 3.35. The van der Waals surface area contributed by atoms with Gasteiger partial charge in [-0.05, 0) is 56.6 Å². The van der Waals surface area contributed by atoms with Crippen molar-refractivity contribution >= 4 is 29.3 Å². The van der Waals surface area contributed by atoms with Crippen LogP contribution in [0.15, 0.2) is 40.8 Å². The van der Waals surface area contributed by atoms with E-state index in [2.05, 4.69) is 16.7 Å². The van der Waals surface area contributed by atoms with Gasteiger partial charge in [0.1, 0.15) is 0 Å². The predicted molar refractivity (Wildman–Crippen MR) is 91.0 cm³/mol. The van der Waals surface area contributed by atoms with Crippen LogP contribution in [-0.2, 0) is 9.59 Å². The van der Waals surface area contributed by atoms with Crippen LogP contribution in [-0.4, -0.2) is 24.6 Å². The molecular weight excluding hydrogens is 296 g/mol. The molecule has 0 heterocycles. The zero-order valence-corrected chi connectivity index (χ0v) is 13.7. The molecule has 0 saturated carbocycles. The lowest BCUT2D eigenvalue weighted by atomic mass is 9.97. The van der Waals surface area contributed by atoms with Gasteiger partial charge in [0.15, 0.2) is 0 Å². The maximum Gasteiger partial charge on any atom is 0.313 e. The lowest BCUT2D eigenvalue weighted by Crippen LogP contribution is -2.36. The summed E-state index contributed by atoms with van der Waals surface area (Å²) in [5.74, 6) is -1.19. The van der Waals surface area contributed by atoms with Crippen LogP contribution in [0.1, 0.15) is 32.1 Å². The highest BCUT2D eigenvalue weighted by Crippen LogP contribution is 2.20. The summed E-state index contributed by atoms with van der Waals surface area (Å²) in [6.45, 7) is 0.517. The molecule has 118 valence electrons. The molecule has 0 fully saturated rings. The first kappa shape index (κ1) is 16.6. The molecule has 0 saturated heterocycles. The molecule has 1 aliphatic carbocycles. The van der Waals surface area contributed by atoms with Gasteiger partial charge in [-0.2, -0.15) is 0 Å². The van der Waals surface area contributed by atoms with Gasteiger partial charge >= 0.3 is 11.8 Å². The topological polar surface area (TPSA) is 58.2 Å². The van der Waals surface area contributed by atoms with Crippen LogP contribution in [0.25, 0.3) is 0 Å². The van der Waals surface area contributed by atoms with Crippen LogP contribution in [0, 0.1) is 0 Å². The van der Waals surface area contributed by atoms with Crippen molar-refractivity contribution in [3.05, 3.63) is 35.9 Å². The van der Waals surface area contributed by atoms with Gasteiger partial charge in [-0.3, -0.25) is 9.59 Å². The second-order valence-corrected chi connectivity index (χ2v) is 6.18. The lowest BCUT2D eigenvalue weighted by molar-refractivity contribution is -0.136. The summed E-state index contributed by atoms with van der Waals surface area (Å²) in [6.07, 6.45) is 9.79. The van der Waals surface area contributed by atoms with Crippen LogP contribution >= 0.6 is 11.8 Å². The highest BCUT2D eigenvalue weighted by molar-refractivity contribution is 7.98. The van der Waals surface area contributed by atoms with Gasteiger partial charge in [0, 0.05) is 17.1 Å². The number of nitrogens with one attached hydrogen (secondary N) is 2. The SMILES string of the molecule is CSc1cccc(NC(=O)C(=O)NCCC2=CCCCC2)c1. The minimum absolute atomic E-state index is 0.517. The Bertz CT molecular complexity index is 570. The number of hydrogen-bond donors (Lipinski definition) is 2. The van der Waals surface area contributed by atoms with E-state index in [0.717, 1.165) is 24.2 Å². The first-order valence-corrected chi connectivity index (χ1v) is 8.82. The van der Waals surface area contributed by atoms with E-state index in [-0.39, 0.29) is 0 Å². The first-order valence-electron chi connectivity index (χ1n) is 7.60. The smallest absolute Gasteiger partial charge is 0.313 e. The van der Waals surface area contributed by atoms with Crippen LogP contribution < -0.4 is 10.6 Å². The fourth-order valence-electron chi connectivity index (χ4n) is 2.44. The second-order valence-electron chi connectivity index (χ2n) is 5.30. The average molecular weight is 318 g/mol. The standard InChI is InChI=1S/C17H22N2O2S/c1-22-15-9-5-8-14(12-15)19-17(21)16(20)18-11-10-13-6-3-2-4-7-13/h5-6,8-9,12H,2-4,7,10-11H2,1H3,(H,18,20)(H,19,21). The highest BCUT2D eigenvalue weighted by atomic mass is 32.2. The van der Waals surface area contributed by atoms with Gasteiger partial charge in [0.05, 0.1) is 0 Å². The van der Waals surface area contributed by atoms with E-state index in [1.54, 1.807) is 17.8 Å². The van der Waals surface area contributed by atoms with Gasteiger partial charge < -0.3 is 10.6 Å². The first-order chi connectivity index (χ1) is 10.7. The largest absolute Gasteiger partial charge is 0.348 e. The van der Waals surface area contributed by atoms with Gasteiger partial charge in [0.25, 0.3) is 0 Å². The quantitative estimate of drug-likeness (QED) is 0.497. The van der Waals surface area contributed by atoms with Gasteiger partial charge in [-0.25, -0.2) is 0 Å². The van der Waals surface area contributed by atoms with Crippen molar-refractivity contribution in [2.45, 2.75) is 37.0 Å². The second kappa shape index (κ2) is 8.63. The summed E-state index contributed by atoms with van der Waals surface area (Å²) >= 11 is 1.59. The minimum atomic E-state index is -0.615. The summed E-state index contributed by atoms with van der Waals surface area (Å²) in [6, 6.07) is 7.44. The molecule has 0 unspecified atom stereocenters. The van der Waals surface area contributed by atoms with Crippen LogP contribution in [0.5, 0.6) is 0 Å². The molecule has 2 amide bonds. The van der Waals surface area contributed by atoms with Crippen molar-refractivity contribution < 1.29 is 9.59 Å². The van der Waals surface area contributed by atoms with Crippen molar-refractivity contribution in [2.24, 2.45) is 0 Å². The fourth-order valence-corrected chi connectivity index (χ4v) is 2.90. The molecule has 0 aromatic heterocycles. The summed E-state index contributed by atoms with van der Waals surface area (Å²) in [5, 5.41) is 5.31. The van der Waals surface area contributed by atoms with Crippen LogP contribution in [0.4, 0.5) is 5.69 Å². The molecule has 1 aliphatic rings. The van der Waals surface area contributed by atoms with E-state index in [4.69, 9.17) is 0 Å². The number of carbonyl (C=O) groups excluding carboxylic acids is 2. The van der Waals surface area contributed by atoms with Crippen LogP contribution in [0.3, 0.4) is 0 Å². The van der Waals surface area contributed by atoms with Crippen molar-refractivity contribution in [1.82, 2.24) is 5.32 Å². The van der Waals surface area contributed by atoms with Gasteiger partial charge in [-0.1, -0.05) is 17.7 Å². The molecule has 0 aliphatic heterocycles. The highest BCUT2D eigenvalue weighted by Gasteiger charge is 2.13. The van der Waals surface area contributed by atoms with Gasteiger partial charge in [-0.15, -0.1) is 11.8 Å². The normalized spacial score (nSPS) is 14.1. The molecule has 2 rings (SSSR count). The Morgan fingerprint density at radius 3 is 2.82 bits per heavy atom. The van der Waals surface area contributed by atoms with E-state index in [0.29, 0.717) is 12.2 Å². The third kappa shape index (κ3) is 5.22. The van der Waals surface area contributed by atoms with E-state index in [1.807, 2.05) is 24.5 Å². The maximum atomic E-state index is 11.8.